The SMILES string of the molecule is COc1ccc(-c2ccc(SCC(=O)N3CCCc4ccccc43)nn2)cc1. The van der Waals surface area contributed by atoms with E-state index in [2.05, 4.69) is 16.3 Å². The lowest BCUT2D eigenvalue weighted by Crippen LogP contribution is -2.36. The van der Waals surface area contributed by atoms with Crippen LogP contribution in [0.4, 0.5) is 5.69 Å². The molecule has 5 nitrogen and oxygen atoms in total. The van der Waals surface area contributed by atoms with Gasteiger partial charge in [0.25, 0.3) is 0 Å². The molecule has 0 atom stereocenters. The van der Waals surface area contributed by atoms with Crippen molar-refractivity contribution in [1.82, 2.24) is 10.2 Å². The predicted octanol–water partition coefficient (Wildman–Crippen LogP) is 4.22. The fraction of sp³-hybridized carbons (Fsp3) is 0.227. The molecule has 0 N–H and O–H groups in total. The molecule has 1 aliphatic heterocycles. The summed E-state index contributed by atoms with van der Waals surface area (Å²) in [6.07, 6.45) is 2.04. The van der Waals surface area contributed by atoms with Gasteiger partial charge in [0.2, 0.25) is 5.91 Å². The fourth-order valence-corrected chi connectivity index (χ4v) is 4.01. The molecule has 2 aromatic carbocycles. The van der Waals surface area contributed by atoms with Crippen LogP contribution in [0.1, 0.15) is 12.0 Å². The number of thioether (sulfide) groups is 1. The lowest BCUT2D eigenvalue weighted by molar-refractivity contribution is -0.116. The van der Waals surface area contributed by atoms with Gasteiger partial charge in [0.15, 0.2) is 0 Å². The first-order valence-corrected chi connectivity index (χ1v) is 10.2. The molecule has 142 valence electrons. The molecule has 0 spiro atoms. The van der Waals surface area contributed by atoms with Gasteiger partial charge >= 0.3 is 0 Å². The molecule has 0 bridgehead atoms. The number of rotatable bonds is 5. The van der Waals surface area contributed by atoms with E-state index in [1.165, 1.54) is 17.3 Å². The minimum absolute atomic E-state index is 0.109. The number of ether oxygens (including phenoxy) is 1. The van der Waals surface area contributed by atoms with Crippen LogP contribution in [0.3, 0.4) is 0 Å². The van der Waals surface area contributed by atoms with Crippen molar-refractivity contribution in [1.29, 1.82) is 0 Å². The lowest BCUT2D eigenvalue weighted by Gasteiger charge is -2.29. The Kier molecular flexibility index (Phi) is 5.58. The zero-order valence-electron chi connectivity index (χ0n) is 15.7. The van der Waals surface area contributed by atoms with Gasteiger partial charge in [-0.05, 0) is 60.9 Å². The lowest BCUT2D eigenvalue weighted by atomic mass is 10.0. The minimum atomic E-state index is 0.109. The normalized spacial score (nSPS) is 13.1. The molecule has 1 aliphatic rings. The van der Waals surface area contributed by atoms with Crippen molar-refractivity contribution in [3.63, 3.8) is 0 Å². The van der Waals surface area contributed by atoms with Gasteiger partial charge in [-0.3, -0.25) is 4.79 Å². The Morgan fingerprint density at radius 2 is 1.89 bits per heavy atom. The summed E-state index contributed by atoms with van der Waals surface area (Å²) in [7, 11) is 1.64. The van der Waals surface area contributed by atoms with E-state index in [0.29, 0.717) is 5.75 Å². The Hall–Kier alpha value is -2.86. The summed E-state index contributed by atoms with van der Waals surface area (Å²) < 4.78 is 5.18. The molecule has 0 saturated carbocycles. The standard InChI is InChI=1S/C22H21N3O2S/c1-27-18-10-8-16(9-11-18)19-12-13-21(24-23-19)28-15-22(26)25-14-4-6-17-5-2-3-7-20(17)25/h2-3,5,7-13H,4,6,14-15H2,1H3. The van der Waals surface area contributed by atoms with E-state index in [1.54, 1.807) is 7.11 Å². The molecule has 1 amide bonds. The number of hydrogen-bond acceptors (Lipinski definition) is 5. The topological polar surface area (TPSA) is 55.3 Å². The highest BCUT2D eigenvalue weighted by Gasteiger charge is 2.22. The maximum Gasteiger partial charge on any atom is 0.237 e. The smallest absolute Gasteiger partial charge is 0.237 e. The molecular formula is C22H21N3O2S. The highest BCUT2D eigenvalue weighted by Crippen LogP contribution is 2.28. The molecule has 2 heterocycles. The molecule has 6 heteroatoms. The number of carbonyl (C=O) groups excluding carboxylic acids is 1. The summed E-state index contributed by atoms with van der Waals surface area (Å²) in [5, 5.41) is 9.31. The first-order chi connectivity index (χ1) is 13.7. The number of benzene rings is 2. The molecule has 0 unspecified atom stereocenters. The minimum Gasteiger partial charge on any atom is -0.497 e. The third-order valence-corrected chi connectivity index (χ3v) is 5.69. The molecular weight excluding hydrogens is 370 g/mol. The Labute approximate surface area is 168 Å². The number of fused-ring (bicyclic) bond motifs is 1. The number of methoxy groups -OCH3 is 1. The molecule has 1 aromatic heterocycles. The van der Waals surface area contributed by atoms with Gasteiger partial charge in [0.05, 0.1) is 18.6 Å². The van der Waals surface area contributed by atoms with Crippen LogP contribution in [0.15, 0.2) is 65.7 Å². The van der Waals surface area contributed by atoms with E-state index in [-0.39, 0.29) is 5.91 Å². The summed E-state index contributed by atoms with van der Waals surface area (Å²) in [5.41, 5.74) is 4.06. The van der Waals surface area contributed by atoms with Crippen molar-refractivity contribution in [3.8, 4) is 17.0 Å². The molecule has 0 aliphatic carbocycles. The summed E-state index contributed by atoms with van der Waals surface area (Å²) in [4.78, 5) is 14.6. The number of aryl methyl sites for hydroxylation is 1. The van der Waals surface area contributed by atoms with Crippen molar-refractivity contribution in [2.24, 2.45) is 0 Å². The molecule has 0 saturated heterocycles. The molecule has 3 aromatic rings. The third-order valence-electron chi connectivity index (χ3n) is 4.78. The van der Waals surface area contributed by atoms with E-state index in [4.69, 9.17) is 4.74 Å². The van der Waals surface area contributed by atoms with Gasteiger partial charge in [-0.2, -0.15) is 0 Å². The third kappa shape index (κ3) is 4.02. The zero-order valence-corrected chi connectivity index (χ0v) is 16.5. The van der Waals surface area contributed by atoms with Crippen molar-refractivity contribution in [2.45, 2.75) is 17.9 Å². The van der Waals surface area contributed by atoms with Crippen LogP contribution < -0.4 is 9.64 Å². The number of amides is 1. The van der Waals surface area contributed by atoms with E-state index in [9.17, 15) is 4.79 Å². The van der Waals surface area contributed by atoms with Crippen molar-refractivity contribution in [2.75, 3.05) is 24.3 Å². The van der Waals surface area contributed by atoms with Gasteiger partial charge < -0.3 is 9.64 Å². The average molecular weight is 391 g/mol. The summed E-state index contributed by atoms with van der Waals surface area (Å²) in [5.74, 6) is 1.27. The Morgan fingerprint density at radius 3 is 2.64 bits per heavy atom. The molecule has 0 fully saturated rings. The van der Waals surface area contributed by atoms with Crippen LogP contribution in [-0.2, 0) is 11.2 Å². The van der Waals surface area contributed by atoms with Crippen LogP contribution >= 0.6 is 11.8 Å². The first kappa shape index (κ1) is 18.5. The van der Waals surface area contributed by atoms with Gasteiger partial charge in [-0.15, -0.1) is 10.2 Å². The fourth-order valence-electron chi connectivity index (χ4n) is 3.32. The molecule has 4 rings (SSSR count). The summed E-state index contributed by atoms with van der Waals surface area (Å²) >= 11 is 1.42. The van der Waals surface area contributed by atoms with Crippen LogP contribution in [0.25, 0.3) is 11.3 Å². The second kappa shape index (κ2) is 8.44. The van der Waals surface area contributed by atoms with Gasteiger partial charge in [0.1, 0.15) is 10.8 Å². The van der Waals surface area contributed by atoms with Gasteiger partial charge in [-0.25, -0.2) is 0 Å². The van der Waals surface area contributed by atoms with E-state index < -0.39 is 0 Å². The maximum atomic E-state index is 12.7. The van der Waals surface area contributed by atoms with E-state index >= 15 is 0 Å². The van der Waals surface area contributed by atoms with Crippen molar-refractivity contribution in [3.05, 3.63) is 66.2 Å². The summed E-state index contributed by atoms with van der Waals surface area (Å²) in [6, 6.07) is 19.7. The largest absolute Gasteiger partial charge is 0.497 e. The number of aromatic nitrogens is 2. The van der Waals surface area contributed by atoms with Crippen molar-refractivity contribution >= 4 is 23.4 Å². The Morgan fingerprint density at radius 1 is 1.07 bits per heavy atom. The van der Waals surface area contributed by atoms with Crippen molar-refractivity contribution < 1.29 is 9.53 Å². The highest BCUT2D eigenvalue weighted by atomic mass is 32.2. The summed E-state index contributed by atoms with van der Waals surface area (Å²) in [6.45, 7) is 0.776. The van der Waals surface area contributed by atoms with E-state index in [0.717, 1.165) is 47.1 Å². The van der Waals surface area contributed by atoms with Crippen LogP contribution in [-0.4, -0.2) is 35.5 Å². The second-order valence-electron chi connectivity index (χ2n) is 6.55. The van der Waals surface area contributed by atoms with E-state index in [1.807, 2.05) is 59.5 Å². The average Bonchev–Trinajstić information content (AvgIpc) is 2.77. The number of nitrogens with zero attached hydrogens (tertiary/aromatic N) is 3. The number of carbonyl (C=O) groups is 1. The van der Waals surface area contributed by atoms with Crippen LogP contribution in [0.2, 0.25) is 0 Å². The van der Waals surface area contributed by atoms with Crippen LogP contribution in [0.5, 0.6) is 5.75 Å². The Bertz CT molecular complexity index is 958. The quantitative estimate of drug-likeness (QED) is 0.610. The number of para-hydroxylation sites is 1. The van der Waals surface area contributed by atoms with Gasteiger partial charge in [-0.1, -0.05) is 30.0 Å². The monoisotopic (exact) mass is 391 g/mol. The Balaban J connectivity index is 1.39. The predicted molar refractivity (Wildman–Crippen MR) is 112 cm³/mol. The highest BCUT2D eigenvalue weighted by molar-refractivity contribution is 7.99. The molecule has 0 radical (unpaired) electrons. The number of anilines is 1. The van der Waals surface area contributed by atoms with Crippen LogP contribution in [0, 0.1) is 0 Å². The zero-order chi connectivity index (χ0) is 19.3. The molecule has 28 heavy (non-hydrogen) atoms. The first-order valence-electron chi connectivity index (χ1n) is 9.24. The number of hydrogen-bond donors (Lipinski definition) is 0. The second-order valence-corrected chi connectivity index (χ2v) is 7.55. The maximum absolute atomic E-state index is 12.7. The van der Waals surface area contributed by atoms with Gasteiger partial charge in [0, 0.05) is 17.8 Å².